The zero-order chi connectivity index (χ0) is 11.6. The van der Waals surface area contributed by atoms with Crippen molar-refractivity contribution < 1.29 is 9.90 Å². The van der Waals surface area contributed by atoms with Crippen LogP contribution >= 0.6 is 34.9 Å². The Balaban J connectivity index is 2.03. The van der Waals surface area contributed by atoms with E-state index in [4.69, 9.17) is 5.11 Å². The molecule has 1 aliphatic rings. The topological polar surface area (TPSA) is 75.1 Å². The first kappa shape index (κ1) is 12.2. The van der Waals surface area contributed by atoms with Gasteiger partial charge in [-0.3, -0.25) is 4.79 Å². The van der Waals surface area contributed by atoms with Gasteiger partial charge in [0.2, 0.25) is 0 Å². The zero-order valence-corrected chi connectivity index (χ0v) is 11.0. The summed E-state index contributed by atoms with van der Waals surface area (Å²) in [6.07, 6.45) is 2.12. The van der Waals surface area contributed by atoms with Crippen LogP contribution in [0.5, 0.6) is 0 Å². The second-order valence-corrected chi connectivity index (χ2v) is 7.24. The van der Waals surface area contributed by atoms with E-state index in [1.54, 1.807) is 11.8 Å². The molecule has 0 radical (unpaired) electrons. The van der Waals surface area contributed by atoms with Crippen LogP contribution in [0.1, 0.15) is 6.42 Å². The van der Waals surface area contributed by atoms with Crippen LogP contribution in [0.3, 0.4) is 0 Å². The Morgan fingerprint density at radius 1 is 1.56 bits per heavy atom. The third kappa shape index (κ3) is 2.68. The number of thioether (sulfide) groups is 2. The summed E-state index contributed by atoms with van der Waals surface area (Å²) in [7, 11) is 0. The van der Waals surface area contributed by atoms with Gasteiger partial charge in [-0.15, -0.1) is 10.2 Å². The average molecular weight is 277 g/mol. The number of hydrogen-bond acceptors (Lipinski definition) is 7. The highest BCUT2D eigenvalue weighted by atomic mass is 32.2. The number of hydrogen-bond donors (Lipinski definition) is 2. The molecule has 0 spiro atoms. The summed E-state index contributed by atoms with van der Waals surface area (Å²) in [5, 5.41) is 20.0. The first-order chi connectivity index (χ1) is 7.63. The van der Waals surface area contributed by atoms with Crippen molar-refractivity contribution in [3.8, 4) is 0 Å². The summed E-state index contributed by atoms with van der Waals surface area (Å²) in [4.78, 5) is 10.8. The molecule has 5 nitrogen and oxygen atoms in total. The number of nitrogens with one attached hydrogen (secondary N) is 1. The molecule has 0 amide bonds. The van der Waals surface area contributed by atoms with Crippen molar-refractivity contribution in [2.75, 3.05) is 19.3 Å². The number of carboxylic acids is 1. The average Bonchev–Trinajstić information content (AvgIpc) is 2.61. The smallest absolute Gasteiger partial charge is 0.304 e. The monoisotopic (exact) mass is 277 g/mol. The minimum atomic E-state index is -0.761. The molecule has 0 aromatic carbocycles. The molecule has 1 aliphatic heterocycles. The van der Waals surface area contributed by atoms with Gasteiger partial charge in [-0.2, -0.15) is 0 Å². The molecule has 0 atom stereocenters. The van der Waals surface area contributed by atoms with Crippen molar-refractivity contribution in [1.29, 1.82) is 0 Å². The summed E-state index contributed by atoms with van der Waals surface area (Å²) in [6, 6.07) is 0. The van der Waals surface area contributed by atoms with Crippen molar-refractivity contribution in [1.82, 2.24) is 15.5 Å². The first-order valence-corrected chi connectivity index (χ1v) is 7.48. The Hall–Kier alpha value is -0.310. The fraction of sp³-hybridized carbons (Fsp3) is 0.625. The molecule has 0 saturated carbocycles. The summed E-state index contributed by atoms with van der Waals surface area (Å²) in [5.74, 6) is -0.761. The van der Waals surface area contributed by atoms with Crippen LogP contribution < -0.4 is 5.32 Å². The first-order valence-electron chi connectivity index (χ1n) is 4.63. The van der Waals surface area contributed by atoms with E-state index in [0.717, 1.165) is 21.8 Å². The van der Waals surface area contributed by atoms with Gasteiger partial charge in [-0.25, -0.2) is 0 Å². The normalized spacial score (nSPS) is 18.1. The summed E-state index contributed by atoms with van der Waals surface area (Å²) < 4.78 is 1.54. The Kier molecular flexibility index (Phi) is 3.73. The molecule has 1 fully saturated rings. The number of nitrogens with zero attached hydrogens (tertiary/aromatic N) is 2. The van der Waals surface area contributed by atoms with E-state index in [1.165, 1.54) is 23.1 Å². The highest BCUT2D eigenvalue weighted by Gasteiger charge is 2.41. The van der Waals surface area contributed by atoms with E-state index in [1.807, 2.05) is 6.26 Å². The number of aromatic nitrogens is 2. The number of carboxylic acid groups (broad SMARTS) is 1. The molecule has 8 heteroatoms. The van der Waals surface area contributed by atoms with Gasteiger partial charge in [0.05, 0.1) is 11.2 Å². The lowest BCUT2D eigenvalue weighted by atomic mass is 9.98. The number of rotatable bonds is 5. The molecule has 1 aromatic rings. The van der Waals surface area contributed by atoms with E-state index in [9.17, 15) is 4.79 Å². The minimum absolute atomic E-state index is 0.166. The van der Waals surface area contributed by atoms with Gasteiger partial charge >= 0.3 is 5.97 Å². The summed E-state index contributed by atoms with van der Waals surface area (Å²) in [6.45, 7) is 1.44. The van der Waals surface area contributed by atoms with Crippen LogP contribution in [0.2, 0.25) is 0 Å². The fourth-order valence-corrected chi connectivity index (χ4v) is 4.51. The van der Waals surface area contributed by atoms with Gasteiger partial charge in [0.1, 0.15) is 0 Å². The largest absolute Gasteiger partial charge is 0.481 e. The third-order valence-electron chi connectivity index (χ3n) is 2.23. The molecule has 2 heterocycles. The van der Waals surface area contributed by atoms with Crippen molar-refractivity contribution in [3.63, 3.8) is 0 Å². The maximum absolute atomic E-state index is 10.8. The molecule has 16 heavy (non-hydrogen) atoms. The molecule has 0 aliphatic carbocycles. The molecular weight excluding hydrogens is 266 g/mol. The highest BCUT2D eigenvalue weighted by Crippen LogP contribution is 2.40. The van der Waals surface area contributed by atoms with Crippen molar-refractivity contribution in [2.45, 2.75) is 19.8 Å². The van der Waals surface area contributed by atoms with Gasteiger partial charge in [0, 0.05) is 13.1 Å². The maximum Gasteiger partial charge on any atom is 0.304 e. The number of carbonyl (C=O) groups is 1. The van der Waals surface area contributed by atoms with Gasteiger partial charge in [-0.05, 0) is 6.26 Å². The second-order valence-electron chi connectivity index (χ2n) is 3.50. The van der Waals surface area contributed by atoms with Crippen molar-refractivity contribution in [2.24, 2.45) is 0 Å². The van der Waals surface area contributed by atoms with Crippen molar-refractivity contribution >= 4 is 40.8 Å². The molecule has 88 valence electrons. The molecule has 2 N–H and O–H groups in total. The van der Waals surface area contributed by atoms with Crippen LogP contribution in [-0.4, -0.2) is 45.4 Å². The molecule has 0 bridgehead atoms. The predicted octanol–water partition coefficient (Wildman–Crippen LogP) is 1.17. The third-order valence-corrected chi connectivity index (χ3v) is 5.55. The Labute approximate surface area is 105 Å². The van der Waals surface area contributed by atoms with Crippen LogP contribution in [0.15, 0.2) is 8.68 Å². The standard InChI is InChI=1S/C8H11N3O2S3/c1-14-6-10-11-7(15-6)16-8(2-5(12)13)3-9-4-8/h9H,2-4H2,1H3,(H,12,13). The van der Waals surface area contributed by atoms with Gasteiger partial charge in [0.15, 0.2) is 8.68 Å². The van der Waals surface area contributed by atoms with Gasteiger partial charge < -0.3 is 10.4 Å². The summed E-state index contributed by atoms with van der Waals surface area (Å²) in [5.41, 5.74) is 0. The van der Waals surface area contributed by atoms with E-state index in [-0.39, 0.29) is 11.2 Å². The summed E-state index contributed by atoms with van der Waals surface area (Å²) >= 11 is 4.60. The van der Waals surface area contributed by atoms with E-state index in [0.29, 0.717) is 0 Å². The second kappa shape index (κ2) is 4.91. The van der Waals surface area contributed by atoms with Crippen LogP contribution in [0.4, 0.5) is 0 Å². The molecular formula is C8H11N3O2S3. The minimum Gasteiger partial charge on any atom is -0.481 e. The maximum atomic E-state index is 10.8. The van der Waals surface area contributed by atoms with E-state index in [2.05, 4.69) is 15.5 Å². The molecule has 1 aromatic heterocycles. The van der Waals surface area contributed by atoms with Gasteiger partial charge in [-0.1, -0.05) is 34.9 Å². The Bertz CT molecular complexity index is 392. The number of aliphatic carboxylic acids is 1. The predicted molar refractivity (Wildman–Crippen MR) is 65.4 cm³/mol. The lowest BCUT2D eigenvalue weighted by Crippen LogP contribution is -2.57. The fourth-order valence-electron chi connectivity index (χ4n) is 1.42. The Morgan fingerprint density at radius 3 is 2.69 bits per heavy atom. The molecule has 2 rings (SSSR count). The lowest BCUT2D eigenvalue weighted by molar-refractivity contribution is -0.138. The van der Waals surface area contributed by atoms with Crippen LogP contribution in [-0.2, 0) is 4.79 Å². The van der Waals surface area contributed by atoms with Gasteiger partial charge in [0.25, 0.3) is 0 Å². The van der Waals surface area contributed by atoms with Crippen LogP contribution in [0.25, 0.3) is 0 Å². The van der Waals surface area contributed by atoms with E-state index < -0.39 is 5.97 Å². The quantitative estimate of drug-likeness (QED) is 0.782. The zero-order valence-electron chi connectivity index (χ0n) is 8.60. The molecule has 1 saturated heterocycles. The lowest BCUT2D eigenvalue weighted by Gasteiger charge is -2.39. The molecule has 0 unspecified atom stereocenters. The van der Waals surface area contributed by atoms with Crippen molar-refractivity contribution in [3.05, 3.63) is 0 Å². The SMILES string of the molecule is CSc1nnc(SC2(CC(=O)O)CNC2)s1. The highest BCUT2D eigenvalue weighted by molar-refractivity contribution is 8.03. The van der Waals surface area contributed by atoms with E-state index >= 15 is 0 Å². The Morgan fingerprint density at radius 2 is 2.25 bits per heavy atom. The van der Waals surface area contributed by atoms with Crippen LogP contribution in [0, 0.1) is 0 Å².